The van der Waals surface area contributed by atoms with Gasteiger partial charge in [-0.3, -0.25) is 14.9 Å². The van der Waals surface area contributed by atoms with Crippen LogP contribution in [-0.2, 0) is 11.3 Å². The van der Waals surface area contributed by atoms with E-state index < -0.39 is 16.5 Å². The van der Waals surface area contributed by atoms with Crippen molar-refractivity contribution < 1.29 is 14.6 Å². The zero-order valence-electron chi connectivity index (χ0n) is 16.5. The number of carbonyl (C=O) groups is 1. The molecule has 0 spiro atoms. The molecule has 0 aliphatic heterocycles. The molecule has 158 valence electrons. The molecule has 0 aliphatic rings. The van der Waals surface area contributed by atoms with Crippen molar-refractivity contribution in [2.24, 2.45) is 5.73 Å². The first-order valence-electron chi connectivity index (χ1n) is 9.45. The SMILES string of the molecule is CC(=O)On1c(=O)c(-c2cn(CCCN)c3cc([N+](=O)[O-])ccc23)nc2ncccc21. The quantitative estimate of drug-likeness (QED) is 0.364. The van der Waals surface area contributed by atoms with E-state index in [1.54, 1.807) is 29.0 Å². The number of hydrogen-bond acceptors (Lipinski definition) is 8. The van der Waals surface area contributed by atoms with E-state index in [0.29, 0.717) is 36.0 Å². The molecule has 0 amide bonds. The Hall–Kier alpha value is -4.12. The number of non-ortho nitro benzene ring substituents is 1. The Kier molecular flexibility index (Phi) is 5.17. The maximum atomic E-state index is 13.2. The summed E-state index contributed by atoms with van der Waals surface area (Å²) >= 11 is 0. The maximum absolute atomic E-state index is 13.2. The van der Waals surface area contributed by atoms with Crippen molar-refractivity contribution >= 4 is 33.7 Å². The number of pyridine rings is 1. The Balaban J connectivity index is 2.02. The predicted molar refractivity (Wildman–Crippen MR) is 112 cm³/mol. The van der Waals surface area contributed by atoms with Gasteiger partial charge in [0, 0.05) is 48.9 Å². The number of nitro benzene ring substituents is 1. The van der Waals surface area contributed by atoms with Gasteiger partial charge in [-0.05, 0) is 31.2 Å². The van der Waals surface area contributed by atoms with Gasteiger partial charge in [-0.15, -0.1) is 4.73 Å². The number of fused-ring (bicyclic) bond motifs is 2. The topological polar surface area (TPSA) is 148 Å². The Labute approximate surface area is 174 Å². The average molecular weight is 422 g/mol. The number of nitrogens with two attached hydrogens (primary N) is 1. The van der Waals surface area contributed by atoms with Crippen LogP contribution < -0.4 is 16.1 Å². The molecule has 0 atom stereocenters. The van der Waals surface area contributed by atoms with Crippen LogP contribution >= 0.6 is 0 Å². The predicted octanol–water partition coefficient (Wildman–Crippen LogP) is 1.65. The first-order valence-corrected chi connectivity index (χ1v) is 9.45. The van der Waals surface area contributed by atoms with Gasteiger partial charge in [0.25, 0.3) is 5.69 Å². The van der Waals surface area contributed by atoms with Crippen molar-refractivity contribution in [2.45, 2.75) is 19.9 Å². The van der Waals surface area contributed by atoms with E-state index in [2.05, 4.69) is 9.97 Å². The highest BCUT2D eigenvalue weighted by atomic mass is 16.7. The first-order chi connectivity index (χ1) is 14.9. The molecule has 0 unspecified atom stereocenters. The van der Waals surface area contributed by atoms with Gasteiger partial charge in [-0.1, -0.05) is 0 Å². The van der Waals surface area contributed by atoms with E-state index in [1.165, 1.54) is 25.3 Å². The maximum Gasteiger partial charge on any atom is 0.330 e. The number of aromatic nitrogens is 4. The van der Waals surface area contributed by atoms with Gasteiger partial charge < -0.3 is 15.1 Å². The van der Waals surface area contributed by atoms with E-state index in [9.17, 15) is 19.7 Å². The Morgan fingerprint density at radius 1 is 1.29 bits per heavy atom. The number of benzene rings is 1. The largest absolute Gasteiger partial charge is 0.347 e. The lowest BCUT2D eigenvalue weighted by molar-refractivity contribution is -0.384. The summed E-state index contributed by atoms with van der Waals surface area (Å²) < 4.78 is 2.66. The van der Waals surface area contributed by atoms with E-state index in [0.717, 1.165) is 4.73 Å². The molecular weight excluding hydrogens is 404 g/mol. The van der Waals surface area contributed by atoms with Gasteiger partial charge in [-0.2, -0.15) is 0 Å². The highest BCUT2D eigenvalue weighted by molar-refractivity contribution is 5.96. The van der Waals surface area contributed by atoms with E-state index in [4.69, 9.17) is 10.6 Å². The Morgan fingerprint density at radius 2 is 2.10 bits per heavy atom. The van der Waals surface area contributed by atoms with Gasteiger partial charge in [0.1, 0.15) is 11.2 Å². The van der Waals surface area contributed by atoms with Crippen LogP contribution in [0.25, 0.3) is 33.3 Å². The average Bonchev–Trinajstić information content (AvgIpc) is 3.11. The first kappa shape index (κ1) is 20.2. The summed E-state index contributed by atoms with van der Waals surface area (Å²) in [4.78, 5) is 49.3. The van der Waals surface area contributed by atoms with Gasteiger partial charge in [-0.25, -0.2) is 14.8 Å². The minimum Gasteiger partial charge on any atom is -0.347 e. The number of nitrogens with zero attached hydrogens (tertiary/aromatic N) is 5. The summed E-state index contributed by atoms with van der Waals surface area (Å²) in [7, 11) is 0. The Morgan fingerprint density at radius 3 is 2.81 bits per heavy atom. The molecule has 0 fully saturated rings. The van der Waals surface area contributed by atoms with Crippen molar-refractivity contribution in [3.8, 4) is 11.3 Å². The minimum atomic E-state index is -0.676. The zero-order chi connectivity index (χ0) is 22.1. The van der Waals surface area contributed by atoms with Crippen LogP contribution in [0, 0.1) is 10.1 Å². The molecule has 0 saturated heterocycles. The fourth-order valence-electron chi connectivity index (χ4n) is 3.42. The molecule has 2 N–H and O–H groups in total. The lowest BCUT2D eigenvalue weighted by Gasteiger charge is -2.09. The second kappa shape index (κ2) is 7.95. The zero-order valence-corrected chi connectivity index (χ0v) is 16.5. The molecule has 11 heteroatoms. The van der Waals surface area contributed by atoms with Crippen molar-refractivity contribution in [1.29, 1.82) is 0 Å². The Bertz CT molecular complexity index is 1390. The third-order valence-corrected chi connectivity index (χ3v) is 4.74. The van der Waals surface area contributed by atoms with Crippen LogP contribution in [0.2, 0.25) is 0 Å². The normalized spacial score (nSPS) is 11.2. The second-order valence-corrected chi connectivity index (χ2v) is 6.83. The number of hydrogen-bond donors (Lipinski definition) is 1. The molecule has 1 aromatic carbocycles. The summed E-state index contributed by atoms with van der Waals surface area (Å²) in [5.41, 5.74) is 6.39. The highest BCUT2D eigenvalue weighted by Gasteiger charge is 2.21. The number of nitro groups is 1. The van der Waals surface area contributed by atoms with Gasteiger partial charge in [0.15, 0.2) is 5.65 Å². The van der Waals surface area contributed by atoms with Crippen LogP contribution in [0.5, 0.6) is 0 Å². The lowest BCUT2D eigenvalue weighted by Crippen LogP contribution is -2.31. The van der Waals surface area contributed by atoms with E-state index in [1.807, 2.05) is 0 Å². The monoisotopic (exact) mass is 422 g/mol. The molecule has 3 heterocycles. The van der Waals surface area contributed by atoms with E-state index in [-0.39, 0.29) is 22.5 Å². The summed E-state index contributed by atoms with van der Waals surface area (Å²) in [6.07, 6.45) is 3.84. The highest BCUT2D eigenvalue weighted by Crippen LogP contribution is 2.31. The fraction of sp³-hybridized carbons (Fsp3) is 0.200. The minimum absolute atomic E-state index is 0.0119. The number of rotatable bonds is 6. The molecule has 31 heavy (non-hydrogen) atoms. The van der Waals surface area contributed by atoms with Gasteiger partial charge in [0.2, 0.25) is 0 Å². The molecule has 4 rings (SSSR count). The van der Waals surface area contributed by atoms with Crippen LogP contribution in [0.1, 0.15) is 13.3 Å². The summed E-state index contributed by atoms with van der Waals surface area (Å²) in [5, 5.41) is 11.8. The molecular formula is C20H18N6O5. The van der Waals surface area contributed by atoms with Crippen LogP contribution in [0.15, 0.2) is 47.5 Å². The standard InChI is InChI=1S/C20H18N6O5/c1-12(27)31-25-16-4-2-8-22-19(16)23-18(20(25)28)15-11-24(9-3-7-21)17-10-13(26(29)30)5-6-14(15)17/h2,4-6,8,10-11H,3,7,9,21H2,1H3. The lowest BCUT2D eigenvalue weighted by atomic mass is 10.1. The van der Waals surface area contributed by atoms with Crippen LogP contribution in [-0.4, -0.2) is 36.7 Å². The number of carbonyl (C=O) groups excluding carboxylic acids is 1. The molecule has 0 aliphatic carbocycles. The summed E-state index contributed by atoms with van der Waals surface area (Å²) in [6.45, 7) is 2.12. The van der Waals surface area contributed by atoms with Crippen molar-refractivity contribution in [3.05, 3.63) is 63.2 Å². The molecule has 4 aromatic rings. The van der Waals surface area contributed by atoms with Gasteiger partial charge in [0.05, 0.1) is 10.4 Å². The molecule has 0 saturated carbocycles. The van der Waals surface area contributed by atoms with Crippen molar-refractivity contribution in [2.75, 3.05) is 6.54 Å². The van der Waals surface area contributed by atoms with Crippen LogP contribution in [0.4, 0.5) is 5.69 Å². The molecule has 0 radical (unpaired) electrons. The molecule has 3 aromatic heterocycles. The van der Waals surface area contributed by atoms with Crippen molar-refractivity contribution in [1.82, 2.24) is 19.3 Å². The second-order valence-electron chi connectivity index (χ2n) is 6.83. The third kappa shape index (κ3) is 3.62. The third-order valence-electron chi connectivity index (χ3n) is 4.74. The summed E-state index contributed by atoms with van der Waals surface area (Å²) in [5.74, 6) is -0.676. The van der Waals surface area contributed by atoms with Crippen LogP contribution in [0.3, 0.4) is 0 Å². The van der Waals surface area contributed by atoms with E-state index >= 15 is 0 Å². The van der Waals surface area contributed by atoms with Gasteiger partial charge >= 0.3 is 11.5 Å². The summed E-state index contributed by atoms with van der Waals surface area (Å²) in [6, 6.07) is 7.54. The van der Waals surface area contributed by atoms with Crippen molar-refractivity contribution in [3.63, 3.8) is 0 Å². The molecule has 0 bridgehead atoms. The fourth-order valence-corrected chi connectivity index (χ4v) is 3.42. The number of aryl methyl sites for hydroxylation is 1. The molecule has 11 nitrogen and oxygen atoms in total. The smallest absolute Gasteiger partial charge is 0.330 e.